The van der Waals surface area contributed by atoms with E-state index in [-0.39, 0.29) is 12.1 Å². The number of imidazole rings is 1. The quantitative estimate of drug-likeness (QED) is 0.873. The number of urea groups is 1. The predicted molar refractivity (Wildman–Crippen MR) is 93.2 cm³/mol. The number of aromatic amines is 1. The number of carbonyl (C=O) groups is 1. The highest BCUT2D eigenvalue weighted by Gasteiger charge is 2.28. The third-order valence-corrected chi connectivity index (χ3v) is 5.46. The van der Waals surface area contributed by atoms with Crippen LogP contribution in [-0.2, 0) is 6.42 Å². The van der Waals surface area contributed by atoms with Gasteiger partial charge in [0.2, 0.25) is 0 Å². The molecule has 0 saturated carbocycles. The third-order valence-electron chi connectivity index (χ3n) is 5.22. The summed E-state index contributed by atoms with van der Waals surface area (Å²) < 4.78 is 0. The van der Waals surface area contributed by atoms with Gasteiger partial charge in [-0.2, -0.15) is 0 Å². The standard InChI is InChI=1S/C18H21ClN4O/c19-14-2-3-15-13(9-14)1-4-16(15)22-18(24)23-7-5-12(6-8-23)17-10-20-11-21-17/h2-3,9-12,16H,1,4-8H2,(H,20,21)(H,22,24)/t16-/m1/s1. The van der Waals surface area contributed by atoms with Gasteiger partial charge >= 0.3 is 6.03 Å². The third kappa shape index (κ3) is 3.00. The number of H-pyrrole nitrogens is 1. The first-order valence-corrected chi connectivity index (χ1v) is 8.90. The molecule has 4 rings (SSSR count). The molecule has 1 aromatic carbocycles. The Hall–Kier alpha value is -2.01. The Morgan fingerprint density at radius 1 is 1.29 bits per heavy atom. The number of hydrogen-bond donors (Lipinski definition) is 2. The van der Waals surface area contributed by atoms with Crippen LogP contribution in [0.25, 0.3) is 0 Å². The maximum absolute atomic E-state index is 12.6. The zero-order valence-corrected chi connectivity index (χ0v) is 14.2. The number of nitrogens with one attached hydrogen (secondary N) is 2. The zero-order valence-electron chi connectivity index (χ0n) is 13.5. The van der Waals surface area contributed by atoms with Gasteiger partial charge in [-0.05, 0) is 48.9 Å². The number of piperidine rings is 1. The lowest BCUT2D eigenvalue weighted by Crippen LogP contribution is -2.45. The fourth-order valence-corrected chi connectivity index (χ4v) is 4.05. The van der Waals surface area contributed by atoms with Crippen molar-refractivity contribution in [2.75, 3.05) is 13.1 Å². The molecule has 1 aromatic heterocycles. The number of benzene rings is 1. The van der Waals surface area contributed by atoms with Crippen LogP contribution in [0.3, 0.4) is 0 Å². The second kappa shape index (κ2) is 6.48. The minimum Gasteiger partial charge on any atom is -0.348 e. The van der Waals surface area contributed by atoms with Crippen LogP contribution in [-0.4, -0.2) is 34.0 Å². The fraction of sp³-hybridized carbons (Fsp3) is 0.444. The van der Waals surface area contributed by atoms with E-state index in [1.807, 2.05) is 29.3 Å². The molecule has 2 aromatic rings. The Balaban J connectivity index is 1.35. The molecule has 126 valence electrons. The first-order valence-electron chi connectivity index (χ1n) is 8.53. The van der Waals surface area contributed by atoms with E-state index in [2.05, 4.69) is 15.3 Å². The van der Waals surface area contributed by atoms with Gasteiger partial charge < -0.3 is 15.2 Å². The number of likely N-dealkylation sites (tertiary alicyclic amines) is 1. The monoisotopic (exact) mass is 344 g/mol. The van der Waals surface area contributed by atoms with Gasteiger partial charge in [0, 0.05) is 35.9 Å². The lowest BCUT2D eigenvalue weighted by Gasteiger charge is -2.32. The lowest BCUT2D eigenvalue weighted by atomic mass is 9.94. The molecule has 5 nitrogen and oxygen atoms in total. The van der Waals surface area contributed by atoms with E-state index in [0.717, 1.165) is 43.8 Å². The van der Waals surface area contributed by atoms with Gasteiger partial charge in [0.05, 0.1) is 12.4 Å². The molecule has 1 aliphatic carbocycles. The van der Waals surface area contributed by atoms with E-state index in [0.29, 0.717) is 5.92 Å². The average Bonchev–Trinajstić information content (AvgIpc) is 3.25. The molecule has 1 saturated heterocycles. The van der Waals surface area contributed by atoms with Gasteiger partial charge in [0.15, 0.2) is 0 Å². The summed E-state index contributed by atoms with van der Waals surface area (Å²) in [6.45, 7) is 1.57. The van der Waals surface area contributed by atoms with Crippen LogP contribution < -0.4 is 5.32 Å². The summed E-state index contributed by atoms with van der Waals surface area (Å²) in [5, 5.41) is 3.96. The number of halogens is 1. The van der Waals surface area contributed by atoms with E-state index in [1.54, 1.807) is 6.33 Å². The number of aryl methyl sites for hydroxylation is 1. The van der Waals surface area contributed by atoms with Gasteiger partial charge in [-0.25, -0.2) is 9.78 Å². The number of hydrogen-bond acceptors (Lipinski definition) is 2. The first kappa shape index (κ1) is 15.5. The van der Waals surface area contributed by atoms with E-state index in [9.17, 15) is 4.79 Å². The molecule has 2 N–H and O–H groups in total. The first-order chi connectivity index (χ1) is 11.7. The maximum atomic E-state index is 12.6. The van der Waals surface area contributed by atoms with Crippen molar-refractivity contribution < 1.29 is 4.79 Å². The number of amides is 2. The van der Waals surface area contributed by atoms with E-state index < -0.39 is 0 Å². The summed E-state index contributed by atoms with van der Waals surface area (Å²) in [6, 6.07) is 6.11. The van der Waals surface area contributed by atoms with Crippen molar-refractivity contribution in [3.63, 3.8) is 0 Å². The molecule has 2 amide bonds. The molecule has 2 heterocycles. The van der Waals surface area contributed by atoms with Crippen molar-refractivity contribution in [1.29, 1.82) is 0 Å². The van der Waals surface area contributed by atoms with Gasteiger partial charge in [-0.1, -0.05) is 17.7 Å². The van der Waals surface area contributed by atoms with Crippen LogP contribution in [0.4, 0.5) is 4.79 Å². The van der Waals surface area contributed by atoms with Crippen molar-refractivity contribution in [3.05, 3.63) is 52.6 Å². The highest BCUT2D eigenvalue weighted by molar-refractivity contribution is 6.30. The Morgan fingerprint density at radius 3 is 2.88 bits per heavy atom. The van der Waals surface area contributed by atoms with Gasteiger partial charge in [-0.3, -0.25) is 0 Å². The normalized spacial score (nSPS) is 20.9. The largest absolute Gasteiger partial charge is 0.348 e. The van der Waals surface area contributed by atoms with Crippen molar-refractivity contribution in [2.24, 2.45) is 0 Å². The number of aromatic nitrogens is 2. The number of rotatable bonds is 2. The van der Waals surface area contributed by atoms with Crippen LogP contribution in [0, 0.1) is 0 Å². The second-order valence-electron chi connectivity index (χ2n) is 6.65. The highest BCUT2D eigenvalue weighted by atomic mass is 35.5. The summed E-state index contributed by atoms with van der Waals surface area (Å²) in [5.41, 5.74) is 3.64. The van der Waals surface area contributed by atoms with Crippen LogP contribution in [0.2, 0.25) is 5.02 Å². The molecule has 1 aliphatic heterocycles. The molecule has 2 aliphatic rings. The second-order valence-corrected chi connectivity index (χ2v) is 7.09. The van der Waals surface area contributed by atoms with Crippen molar-refractivity contribution in [1.82, 2.24) is 20.2 Å². The Bertz CT molecular complexity index is 723. The molecular weight excluding hydrogens is 324 g/mol. The molecule has 0 unspecified atom stereocenters. The number of carbonyl (C=O) groups excluding carboxylic acids is 1. The number of fused-ring (bicyclic) bond motifs is 1. The van der Waals surface area contributed by atoms with Crippen molar-refractivity contribution in [2.45, 2.75) is 37.6 Å². The molecule has 1 fully saturated rings. The van der Waals surface area contributed by atoms with Crippen molar-refractivity contribution in [3.8, 4) is 0 Å². The topological polar surface area (TPSA) is 61.0 Å². The van der Waals surface area contributed by atoms with E-state index in [1.165, 1.54) is 16.8 Å². The maximum Gasteiger partial charge on any atom is 0.317 e. The molecule has 0 radical (unpaired) electrons. The van der Waals surface area contributed by atoms with Gasteiger partial charge in [-0.15, -0.1) is 0 Å². The van der Waals surface area contributed by atoms with Gasteiger partial charge in [0.25, 0.3) is 0 Å². The van der Waals surface area contributed by atoms with Crippen LogP contribution in [0.15, 0.2) is 30.7 Å². The van der Waals surface area contributed by atoms with Crippen molar-refractivity contribution >= 4 is 17.6 Å². The molecular formula is C18H21ClN4O. The van der Waals surface area contributed by atoms with Crippen LogP contribution in [0.5, 0.6) is 0 Å². The summed E-state index contributed by atoms with van der Waals surface area (Å²) in [7, 11) is 0. The summed E-state index contributed by atoms with van der Waals surface area (Å²) >= 11 is 6.05. The Kier molecular flexibility index (Phi) is 4.19. The fourth-order valence-electron chi connectivity index (χ4n) is 3.86. The average molecular weight is 345 g/mol. The van der Waals surface area contributed by atoms with Gasteiger partial charge in [0.1, 0.15) is 0 Å². The molecule has 1 atom stereocenters. The van der Waals surface area contributed by atoms with Crippen LogP contribution >= 0.6 is 11.6 Å². The predicted octanol–water partition coefficient (Wildman–Crippen LogP) is 3.64. The lowest BCUT2D eigenvalue weighted by molar-refractivity contribution is 0.177. The Labute approximate surface area is 146 Å². The van der Waals surface area contributed by atoms with Crippen LogP contribution in [0.1, 0.15) is 48.0 Å². The number of nitrogens with zero attached hydrogens (tertiary/aromatic N) is 2. The minimum absolute atomic E-state index is 0.0471. The SMILES string of the molecule is O=C(N[C@@H]1CCc2cc(Cl)ccc21)N1CCC(c2cnc[nH]2)CC1. The minimum atomic E-state index is 0.0471. The molecule has 6 heteroatoms. The summed E-state index contributed by atoms with van der Waals surface area (Å²) in [6.07, 6.45) is 7.49. The smallest absolute Gasteiger partial charge is 0.317 e. The summed E-state index contributed by atoms with van der Waals surface area (Å²) in [5.74, 6) is 0.478. The molecule has 0 spiro atoms. The molecule has 24 heavy (non-hydrogen) atoms. The molecule has 0 bridgehead atoms. The van der Waals surface area contributed by atoms with E-state index in [4.69, 9.17) is 11.6 Å². The zero-order chi connectivity index (χ0) is 16.5. The Morgan fingerprint density at radius 2 is 2.12 bits per heavy atom. The van der Waals surface area contributed by atoms with E-state index >= 15 is 0 Å². The highest BCUT2D eigenvalue weighted by Crippen LogP contribution is 2.33. The summed E-state index contributed by atoms with van der Waals surface area (Å²) in [4.78, 5) is 21.8.